The van der Waals surface area contributed by atoms with Gasteiger partial charge in [0.25, 0.3) is 0 Å². The van der Waals surface area contributed by atoms with E-state index in [2.05, 4.69) is 4.98 Å². The lowest BCUT2D eigenvalue weighted by molar-refractivity contribution is -0.148. The summed E-state index contributed by atoms with van der Waals surface area (Å²) in [5, 5.41) is 8.52. The molecule has 1 heterocycles. The van der Waals surface area contributed by atoms with Crippen LogP contribution in [-0.4, -0.2) is 27.6 Å². The molecule has 106 valence electrons. The number of benzene rings is 1. The number of pyridine rings is 1. The topological polar surface area (TPSA) is 84.3 Å². The third-order valence-corrected chi connectivity index (χ3v) is 2.92. The van der Waals surface area contributed by atoms with Gasteiger partial charge in [0.15, 0.2) is 5.78 Å². The zero-order chi connectivity index (χ0) is 15.2. The number of carboxylic acids is 1. The van der Waals surface area contributed by atoms with Crippen molar-refractivity contribution >= 4 is 17.5 Å². The van der Waals surface area contributed by atoms with Gasteiger partial charge < -0.3 is 5.11 Å². The van der Waals surface area contributed by atoms with Crippen molar-refractivity contribution in [1.29, 1.82) is 0 Å². The van der Waals surface area contributed by atoms with Gasteiger partial charge in [0.1, 0.15) is 0 Å². The molecule has 1 aromatic heterocycles. The third-order valence-electron chi connectivity index (χ3n) is 2.92. The Morgan fingerprint density at radius 2 is 1.86 bits per heavy atom. The predicted octanol–water partition coefficient (Wildman–Crippen LogP) is 1.90. The van der Waals surface area contributed by atoms with Crippen LogP contribution >= 0.6 is 0 Å². The minimum atomic E-state index is -1.59. The van der Waals surface area contributed by atoms with E-state index in [9.17, 15) is 14.4 Å². The number of carboxylic acid groups (broad SMARTS) is 1. The second-order valence-electron chi connectivity index (χ2n) is 4.53. The van der Waals surface area contributed by atoms with Gasteiger partial charge in [0.2, 0.25) is 5.78 Å². The van der Waals surface area contributed by atoms with Gasteiger partial charge in [-0.2, -0.15) is 0 Å². The Morgan fingerprint density at radius 3 is 2.52 bits per heavy atom. The molecule has 21 heavy (non-hydrogen) atoms. The average Bonchev–Trinajstić information content (AvgIpc) is 2.48. The molecule has 2 aromatic rings. The Balaban J connectivity index is 2.12. The zero-order valence-electron chi connectivity index (χ0n) is 11.2. The number of hydrogen-bond acceptors (Lipinski definition) is 4. The molecule has 0 bridgehead atoms. The lowest BCUT2D eigenvalue weighted by Gasteiger charge is -2.04. The fourth-order valence-electron chi connectivity index (χ4n) is 1.89. The summed E-state index contributed by atoms with van der Waals surface area (Å²) in [5.74, 6) is -3.19. The van der Waals surface area contributed by atoms with Crippen LogP contribution in [0.4, 0.5) is 0 Å². The molecule has 5 nitrogen and oxygen atoms in total. The fraction of sp³-hybridized carbons (Fsp3) is 0.125. The first-order valence-electron chi connectivity index (χ1n) is 6.34. The fourth-order valence-corrected chi connectivity index (χ4v) is 1.89. The van der Waals surface area contributed by atoms with Gasteiger partial charge in [0.05, 0.1) is 6.42 Å². The van der Waals surface area contributed by atoms with E-state index in [-0.39, 0.29) is 0 Å². The average molecular weight is 283 g/mol. The van der Waals surface area contributed by atoms with E-state index in [4.69, 9.17) is 5.11 Å². The van der Waals surface area contributed by atoms with Crippen molar-refractivity contribution in [1.82, 2.24) is 4.98 Å². The van der Waals surface area contributed by atoms with Crippen LogP contribution in [0.1, 0.15) is 28.0 Å². The number of carbonyl (C=O) groups is 3. The van der Waals surface area contributed by atoms with Crippen LogP contribution in [0.2, 0.25) is 0 Å². The Kier molecular flexibility index (Phi) is 4.56. The number of rotatable bonds is 6. The minimum absolute atomic E-state index is 0.332. The van der Waals surface area contributed by atoms with Gasteiger partial charge in [-0.25, -0.2) is 4.79 Å². The summed E-state index contributed by atoms with van der Waals surface area (Å²) in [6.45, 7) is 0. The van der Waals surface area contributed by atoms with E-state index < -0.39 is 24.0 Å². The number of Topliss-reactive ketones (excluding diaryl/α,β-unsaturated/α-hetero) is 2. The van der Waals surface area contributed by atoms with Gasteiger partial charge in [0, 0.05) is 23.9 Å². The summed E-state index contributed by atoms with van der Waals surface area (Å²) in [5.41, 5.74) is 2.07. The first kappa shape index (κ1) is 14.6. The zero-order valence-corrected chi connectivity index (χ0v) is 11.2. The first-order chi connectivity index (χ1) is 10.1. The van der Waals surface area contributed by atoms with Crippen LogP contribution in [0, 0.1) is 0 Å². The molecular weight excluding hydrogens is 270 g/mol. The second kappa shape index (κ2) is 6.56. The molecule has 0 radical (unpaired) electrons. The molecule has 0 aliphatic rings. The van der Waals surface area contributed by atoms with Crippen molar-refractivity contribution in [3.8, 4) is 0 Å². The highest BCUT2D eigenvalue weighted by atomic mass is 16.4. The van der Waals surface area contributed by atoms with Gasteiger partial charge in [-0.3, -0.25) is 14.6 Å². The van der Waals surface area contributed by atoms with Gasteiger partial charge in [-0.15, -0.1) is 0 Å². The Labute approximate surface area is 121 Å². The number of carbonyl (C=O) groups excluding carboxylic acids is 2. The monoisotopic (exact) mass is 283 g/mol. The molecule has 1 aromatic carbocycles. The molecule has 0 amide bonds. The second-order valence-corrected chi connectivity index (χ2v) is 4.53. The van der Waals surface area contributed by atoms with E-state index in [0.29, 0.717) is 12.0 Å². The van der Waals surface area contributed by atoms with Gasteiger partial charge in [-0.05, 0) is 23.8 Å². The van der Waals surface area contributed by atoms with Crippen molar-refractivity contribution in [3.63, 3.8) is 0 Å². The lowest BCUT2D eigenvalue weighted by atomic mass is 10.0. The standard InChI is InChI=1S/C16H13NO4/c18-14(10-15(19)16(20)21)12-5-3-4-11(8-12)9-13-6-1-2-7-17-13/h1-8H,9-10H2,(H,20,21). The summed E-state index contributed by atoms with van der Waals surface area (Å²) in [6.07, 6.45) is 1.63. The van der Waals surface area contributed by atoms with Crippen molar-refractivity contribution in [3.05, 3.63) is 65.5 Å². The largest absolute Gasteiger partial charge is 0.475 e. The van der Waals surface area contributed by atoms with Crippen LogP contribution < -0.4 is 0 Å². The number of hydrogen-bond donors (Lipinski definition) is 1. The summed E-state index contributed by atoms with van der Waals surface area (Å²) < 4.78 is 0. The van der Waals surface area contributed by atoms with Crippen molar-refractivity contribution < 1.29 is 19.5 Å². The van der Waals surface area contributed by atoms with Crippen LogP contribution in [0.15, 0.2) is 48.7 Å². The number of ketones is 2. The molecule has 5 heteroatoms. The summed E-state index contributed by atoms with van der Waals surface area (Å²) in [7, 11) is 0. The summed E-state index contributed by atoms with van der Waals surface area (Å²) in [4.78, 5) is 37.6. The summed E-state index contributed by atoms with van der Waals surface area (Å²) in [6, 6.07) is 12.4. The smallest absolute Gasteiger partial charge is 0.372 e. The quantitative estimate of drug-likeness (QED) is 0.497. The summed E-state index contributed by atoms with van der Waals surface area (Å²) >= 11 is 0. The number of aliphatic carboxylic acids is 1. The molecule has 2 rings (SSSR count). The molecule has 0 atom stereocenters. The highest BCUT2D eigenvalue weighted by Gasteiger charge is 2.17. The first-order valence-corrected chi connectivity index (χ1v) is 6.34. The highest BCUT2D eigenvalue weighted by Crippen LogP contribution is 2.12. The van der Waals surface area contributed by atoms with E-state index >= 15 is 0 Å². The maximum absolute atomic E-state index is 11.9. The Bertz CT molecular complexity index is 680. The molecule has 0 spiro atoms. The van der Waals surface area contributed by atoms with E-state index in [1.807, 2.05) is 24.3 Å². The molecule has 1 N–H and O–H groups in total. The molecule has 0 unspecified atom stereocenters. The lowest BCUT2D eigenvalue weighted by Crippen LogP contribution is -2.17. The van der Waals surface area contributed by atoms with Crippen molar-refractivity contribution in [2.75, 3.05) is 0 Å². The molecule has 0 saturated heterocycles. The SMILES string of the molecule is O=C(O)C(=O)CC(=O)c1cccc(Cc2ccccn2)c1. The van der Waals surface area contributed by atoms with Gasteiger partial charge in [-0.1, -0.05) is 24.3 Å². The van der Waals surface area contributed by atoms with Crippen LogP contribution in [0.3, 0.4) is 0 Å². The molecule has 0 aliphatic carbocycles. The van der Waals surface area contributed by atoms with Crippen LogP contribution in [-0.2, 0) is 16.0 Å². The van der Waals surface area contributed by atoms with Crippen LogP contribution in [0.25, 0.3) is 0 Å². The normalized spacial score (nSPS) is 10.1. The van der Waals surface area contributed by atoms with Crippen LogP contribution in [0.5, 0.6) is 0 Å². The van der Waals surface area contributed by atoms with Crippen molar-refractivity contribution in [2.45, 2.75) is 12.8 Å². The predicted molar refractivity (Wildman–Crippen MR) is 75.1 cm³/mol. The maximum atomic E-state index is 11.9. The van der Waals surface area contributed by atoms with E-state index in [1.54, 1.807) is 24.4 Å². The molecule has 0 fully saturated rings. The van der Waals surface area contributed by atoms with E-state index in [0.717, 1.165) is 11.3 Å². The molecule has 0 saturated carbocycles. The third kappa shape index (κ3) is 4.07. The maximum Gasteiger partial charge on any atom is 0.372 e. The number of aromatic nitrogens is 1. The minimum Gasteiger partial charge on any atom is -0.475 e. The Hall–Kier alpha value is -2.82. The molecular formula is C16H13NO4. The van der Waals surface area contributed by atoms with Gasteiger partial charge >= 0.3 is 5.97 Å². The van der Waals surface area contributed by atoms with Crippen molar-refractivity contribution in [2.24, 2.45) is 0 Å². The highest BCUT2D eigenvalue weighted by molar-refractivity contribution is 6.37. The van der Waals surface area contributed by atoms with E-state index in [1.165, 1.54) is 0 Å². The molecule has 0 aliphatic heterocycles. The Morgan fingerprint density at radius 1 is 1.05 bits per heavy atom. The number of nitrogens with zero attached hydrogens (tertiary/aromatic N) is 1.